The van der Waals surface area contributed by atoms with Gasteiger partial charge in [0.05, 0.1) is 28.6 Å². The van der Waals surface area contributed by atoms with Crippen LogP contribution in [0, 0.1) is 6.92 Å². The summed E-state index contributed by atoms with van der Waals surface area (Å²) in [6.45, 7) is 5.52. The van der Waals surface area contributed by atoms with Gasteiger partial charge in [0.2, 0.25) is 5.95 Å². The first-order chi connectivity index (χ1) is 14.5. The lowest BCUT2D eigenvalue weighted by atomic mass is 10.1. The zero-order valence-corrected chi connectivity index (χ0v) is 18.6. The van der Waals surface area contributed by atoms with E-state index in [-0.39, 0.29) is 12.1 Å². The highest BCUT2D eigenvalue weighted by Gasteiger charge is 2.44. The molecule has 2 fully saturated rings. The van der Waals surface area contributed by atoms with Gasteiger partial charge in [0.15, 0.2) is 0 Å². The first-order valence-corrected chi connectivity index (χ1v) is 12.1. The fourth-order valence-electron chi connectivity index (χ4n) is 4.26. The Morgan fingerprint density at radius 3 is 2.60 bits per heavy atom. The molecule has 3 aliphatic rings. The van der Waals surface area contributed by atoms with E-state index in [1.807, 2.05) is 12.1 Å². The number of aliphatic hydroxyl groups excluding tert-OH is 1. The van der Waals surface area contributed by atoms with Crippen LogP contribution in [0.4, 0.5) is 17.5 Å². The maximum Gasteiger partial charge on any atom is 0.227 e. The maximum absolute atomic E-state index is 12.5. The van der Waals surface area contributed by atoms with Gasteiger partial charge >= 0.3 is 0 Å². The predicted molar refractivity (Wildman–Crippen MR) is 120 cm³/mol. The quantitative estimate of drug-likeness (QED) is 0.728. The Bertz CT molecular complexity index is 1010. The molecule has 2 N–H and O–H groups in total. The average molecular weight is 448 g/mol. The summed E-state index contributed by atoms with van der Waals surface area (Å²) in [5.41, 5.74) is 2.96. The number of piperazine rings is 1. The van der Waals surface area contributed by atoms with E-state index in [2.05, 4.69) is 28.1 Å². The third kappa shape index (κ3) is 3.65. The number of halogens is 1. The topological polar surface area (TPSA) is 81.6 Å². The molecule has 1 saturated heterocycles. The smallest absolute Gasteiger partial charge is 0.227 e. The van der Waals surface area contributed by atoms with E-state index in [1.54, 1.807) is 0 Å². The molecule has 160 valence electrons. The Labute approximate surface area is 183 Å². The Morgan fingerprint density at radius 1 is 1.20 bits per heavy atom. The normalized spacial score (nSPS) is 22.2. The molecule has 0 radical (unpaired) electrons. The predicted octanol–water partition coefficient (Wildman–Crippen LogP) is 2.37. The standard InChI is InChI=1S/C21H26ClN5O2S/c1-14-12-15(22)2-3-17(14)26-7-9-27(10-8-26)20-23-16-4-11-30(29)18(16)19(24-20)25-21(13-28)5-6-21/h2-3,12,28H,4-11,13H2,1H3,(H,23,24,25). The van der Waals surface area contributed by atoms with Crippen molar-refractivity contribution in [2.75, 3.05) is 53.7 Å². The van der Waals surface area contributed by atoms with Crippen LogP contribution in [0.2, 0.25) is 5.02 Å². The van der Waals surface area contributed by atoms with Gasteiger partial charge in [0, 0.05) is 49.1 Å². The molecule has 9 heteroatoms. The lowest BCUT2D eigenvalue weighted by molar-refractivity contribution is 0.265. The highest BCUT2D eigenvalue weighted by atomic mass is 35.5. The first-order valence-electron chi connectivity index (χ1n) is 10.4. The minimum Gasteiger partial charge on any atom is -0.394 e. The molecule has 30 heavy (non-hydrogen) atoms. The first kappa shape index (κ1) is 20.0. The Morgan fingerprint density at radius 2 is 1.93 bits per heavy atom. The molecule has 7 nitrogen and oxygen atoms in total. The lowest BCUT2D eigenvalue weighted by Crippen LogP contribution is -2.47. The fraction of sp³-hybridized carbons (Fsp3) is 0.524. The summed E-state index contributed by atoms with van der Waals surface area (Å²) in [4.78, 5) is 14.9. The van der Waals surface area contributed by atoms with Crippen molar-refractivity contribution < 1.29 is 9.32 Å². The molecule has 1 saturated carbocycles. The van der Waals surface area contributed by atoms with Crippen molar-refractivity contribution in [2.45, 2.75) is 36.6 Å². The molecule has 1 atom stereocenters. The van der Waals surface area contributed by atoms with Crippen LogP contribution in [-0.2, 0) is 17.2 Å². The Hall–Kier alpha value is -1.90. The van der Waals surface area contributed by atoms with Gasteiger partial charge in [0.1, 0.15) is 10.7 Å². The van der Waals surface area contributed by atoms with Crippen molar-refractivity contribution in [3.05, 3.63) is 34.5 Å². The van der Waals surface area contributed by atoms with E-state index in [9.17, 15) is 9.32 Å². The number of benzene rings is 1. The number of hydrogen-bond donors (Lipinski definition) is 2. The molecule has 1 aromatic carbocycles. The van der Waals surface area contributed by atoms with Gasteiger partial charge in [-0.2, -0.15) is 4.98 Å². The number of hydrogen-bond acceptors (Lipinski definition) is 7. The number of rotatable bonds is 5. The second-order valence-electron chi connectivity index (χ2n) is 8.42. The van der Waals surface area contributed by atoms with Crippen LogP contribution in [0.25, 0.3) is 0 Å². The third-order valence-electron chi connectivity index (χ3n) is 6.28. The highest BCUT2D eigenvalue weighted by Crippen LogP contribution is 2.41. The molecule has 0 spiro atoms. The number of aromatic nitrogens is 2. The summed E-state index contributed by atoms with van der Waals surface area (Å²) in [6.07, 6.45) is 2.52. The van der Waals surface area contributed by atoms with Crippen LogP contribution in [-0.4, -0.2) is 63.4 Å². The summed E-state index contributed by atoms with van der Waals surface area (Å²) in [5, 5.41) is 13.9. The molecule has 0 amide bonds. The Kier molecular flexibility index (Phi) is 5.11. The zero-order valence-electron chi connectivity index (χ0n) is 17.0. The van der Waals surface area contributed by atoms with Crippen LogP contribution in [0.15, 0.2) is 23.1 Å². The van der Waals surface area contributed by atoms with Gasteiger partial charge in [-0.25, -0.2) is 4.98 Å². The van der Waals surface area contributed by atoms with Gasteiger partial charge in [-0.15, -0.1) is 0 Å². The molecule has 1 aromatic heterocycles. The monoisotopic (exact) mass is 447 g/mol. The summed E-state index contributed by atoms with van der Waals surface area (Å²) in [5.74, 6) is 1.93. The third-order valence-corrected chi connectivity index (χ3v) is 7.97. The van der Waals surface area contributed by atoms with Gasteiger partial charge in [-0.3, -0.25) is 4.21 Å². The zero-order chi connectivity index (χ0) is 20.9. The maximum atomic E-state index is 12.5. The molecule has 5 rings (SSSR count). The lowest BCUT2D eigenvalue weighted by Gasteiger charge is -2.37. The Balaban J connectivity index is 1.37. The molecule has 0 bridgehead atoms. The van der Waals surface area contributed by atoms with Gasteiger partial charge in [0.25, 0.3) is 0 Å². The van der Waals surface area contributed by atoms with Gasteiger partial charge < -0.3 is 20.2 Å². The second-order valence-corrected chi connectivity index (χ2v) is 10.4. The number of fused-ring (bicyclic) bond motifs is 1. The minimum absolute atomic E-state index is 0.0624. The number of aryl methyl sites for hydroxylation is 2. The molecule has 1 aliphatic carbocycles. The molecule has 1 unspecified atom stereocenters. The summed E-state index contributed by atoms with van der Waals surface area (Å²) in [6, 6.07) is 6.02. The highest BCUT2D eigenvalue weighted by molar-refractivity contribution is 7.85. The van der Waals surface area contributed by atoms with E-state index in [4.69, 9.17) is 21.6 Å². The van der Waals surface area contributed by atoms with Crippen molar-refractivity contribution >= 4 is 39.9 Å². The van der Waals surface area contributed by atoms with Crippen LogP contribution in [0.5, 0.6) is 0 Å². The molecule has 2 aliphatic heterocycles. The van der Waals surface area contributed by atoms with Crippen LogP contribution in [0.1, 0.15) is 24.1 Å². The van der Waals surface area contributed by atoms with Crippen LogP contribution < -0.4 is 15.1 Å². The van der Waals surface area contributed by atoms with Crippen molar-refractivity contribution in [1.29, 1.82) is 0 Å². The summed E-state index contributed by atoms with van der Waals surface area (Å²) >= 11 is 6.10. The molecule has 2 aromatic rings. The van der Waals surface area contributed by atoms with Crippen molar-refractivity contribution in [2.24, 2.45) is 0 Å². The van der Waals surface area contributed by atoms with Crippen LogP contribution >= 0.6 is 11.6 Å². The minimum atomic E-state index is -1.07. The van der Waals surface area contributed by atoms with Crippen molar-refractivity contribution in [3.8, 4) is 0 Å². The van der Waals surface area contributed by atoms with Crippen LogP contribution in [0.3, 0.4) is 0 Å². The molecular weight excluding hydrogens is 422 g/mol. The number of aliphatic hydroxyl groups is 1. The fourth-order valence-corrected chi connectivity index (χ4v) is 5.79. The summed E-state index contributed by atoms with van der Waals surface area (Å²) < 4.78 is 12.5. The summed E-state index contributed by atoms with van der Waals surface area (Å²) in [7, 11) is -1.07. The number of anilines is 3. The van der Waals surface area contributed by atoms with E-state index >= 15 is 0 Å². The molecule has 3 heterocycles. The van der Waals surface area contributed by atoms with Crippen molar-refractivity contribution in [1.82, 2.24) is 9.97 Å². The molecular formula is C21H26ClN5O2S. The van der Waals surface area contributed by atoms with E-state index < -0.39 is 10.8 Å². The van der Waals surface area contributed by atoms with Crippen molar-refractivity contribution in [3.63, 3.8) is 0 Å². The second kappa shape index (κ2) is 7.66. The average Bonchev–Trinajstić information content (AvgIpc) is 3.42. The van der Waals surface area contributed by atoms with Gasteiger partial charge in [-0.05, 0) is 43.5 Å². The van der Waals surface area contributed by atoms with Gasteiger partial charge in [-0.1, -0.05) is 11.6 Å². The largest absolute Gasteiger partial charge is 0.394 e. The SMILES string of the molecule is Cc1cc(Cl)ccc1N1CCN(c2nc3c(c(NC4(CO)CC4)n2)S(=O)CC3)CC1. The number of nitrogens with zero attached hydrogens (tertiary/aromatic N) is 4. The van der Waals surface area contributed by atoms with E-state index in [0.717, 1.165) is 54.6 Å². The number of nitrogens with one attached hydrogen (secondary N) is 1. The van der Waals surface area contributed by atoms with E-state index in [0.29, 0.717) is 23.9 Å². The van der Waals surface area contributed by atoms with E-state index in [1.165, 1.54) is 11.3 Å².